The maximum atomic E-state index is 13.0. The summed E-state index contributed by atoms with van der Waals surface area (Å²) in [6.07, 6.45) is -3.40. The summed E-state index contributed by atoms with van der Waals surface area (Å²) < 4.78 is 59.1. The molecule has 0 spiro atoms. The Labute approximate surface area is 195 Å². The number of halogens is 3. The first-order valence-corrected chi connectivity index (χ1v) is 12.0. The van der Waals surface area contributed by atoms with E-state index >= 15 is 0 Å². The van der Waals surface area contributed by atoms with Crippen LogP contribution in [0.25, 0.3) is 0 Å². The van der Waals surface area contributed by atoms with Crippen LogP contribution in [0.2, 0.25) is 0 Å². The van der Waals surface area contributed by atoms with E-state index in [2.05, 4.69) is 4.72 Å². The Kier molecular flexibility index (Phi) is 8.38. The van der Waals surface area contributed by atoms with E-state index < -0.39 is 39.3 Å². The molecule has 2 unspecified atom stereocenters. The van der Waals surface area contributed by atoms with Crippen molar-refractivity contribution in [2.24, 2.45) is 5.92 Å². The van der Waals surface area contributed by atoms with Gasteiger partial charge in [-0.05, 0) is 77.5 Å². The molecule has 1 heterocycles. The van der Waals surface area contributed by atoms with Gasteiger partial charge in [0.1, 0.15) is 0 Å². The molecular weight excluding hydrogens is 457 g/mol. The van der Waals surface area contributed by atoms with E-state index in [-0.39, 0.29) is 18.5 Å². The van der Waals surface area contributed by atoms with Gasteiger partial charge < -0.3 is 9.64 Å². The first-order valence-electron chi connectivity index (χ1n) is 10.8. The summed E-state index contributed by atoms with van der Waals surface area (Å²) in [6.45, 7) is 8.84. The number of alkyl halides is 3. The number of hydrogen-bond acceptors (Lipinski definition) is 4. The van der Waals surface area contributed by atoms with Gasteiger partial charge in [0.05, 0.1) is 28.4 Å². The van der Waals surface area contributed by atoms with E-state index in [1.54, 1.807) is 38.1 Å². The molecule has 1 aromatic rings. The van der Waals surface area contributed by atoms with Crippen LogP contribution in [0.1, 0.15) is 75.8 Å². The zero-order chi connectivity index (χ0) is 25.2. The molecule has 0 radical (unpaired) electrons. The van der Waals surface area contributed by atoms with Crippen LogP contribution in [0.15, 0.2) is 24.3 Å². The van der Waals surface area contributed by atoms with Gasteiger partial charge in [-0.15, -0.1) is 0 Å². The predicted octanol–water partition coefficient (Wildman–Crippen LogP) is 4.54. The van der Waals surface area contributed by atoms with Crippen LogP contribution < -0.4 is 4.72 Å². The first-order chi connectivity index (χ1) is 15.1. The minimum absolute atomic E-state index is 0.0295. The Hall–Kier alpha value is -1.94. The number of rotatable bonds is 7. The summed E-state index contributed by atoms with van der Waals surface area (Å²) >= 11 is 0. The lowest BCUT2D eigenvalue weighted by Gasteiger charge is -2.31. The Balaban J connectivity index is 2.18. The maximum absolute atomic E-state index is 13.0. The summed E-state index contributed by atoms with van der Waals surface area (Å²) in [7, 11) is -0.0883. The van der Waals surface area contributed by atoms with E-state index in [0.29, 0.717) is 24.8 Å². The minimum atomic E-state index is -4.90. The number of ether oxygens (including phenoxy) is 1. The summed E-state index contributed by atoms with van der Waals surface area (Å²) in [6, 6.07) is 6.41. The van der Waals surface area contributed by atoms with Crippen LogP contribution >= 0.6 is 0 Å². The molecule has 0 saturated carbocycles. The number of esters is 1. The number of nitrogens with one attached hydrogen (secondary N) is 1. The highest BCUT2D eigenvalue weighted by molar-refractivity contribution is 7.84. The Morgan fingerprint density at radius 2 is 1.79 bits per heavy atom. The molecule has 1 fully saturated rings. The fourth-order valence-electron chi connectivity index (χ4n) is 4.06. The van der Waals surface area contributed by atoms with Crippen molar-refractivity contribution in [1.29, 1.82) is 0 Å². The fourth-order valence-corrected chi connectivity index (χ4v) is 4.93. The number of likely N-dealkylation sites (tertiary alicyclic amines) is 1. The Bertz CT molecular complexity index is 879. The third-order valence-electron chi connectivity index (χ3n) is 5.85. The number of benzene rings is 1. The van der Waals surface area contributed by atoms with Crippen LogP contribution in [0.3, 0.4) is 0 Å². The highest BCUT2D eigenvalue weighted by atomic mass is 32.2. The monoisotopic (exact) mass is 490 g/mol. The zero-order valence-corrected chi connectivity index (χ0v) is 20.7. The highest BCUT2D eigenvalue weighted by Gasteiger charge is 2.50. The molecule has 1 aliphatic heterocycles. The number of carbonyl (C=O) groups excluding carboxylic acids is 2. The lowest BCUT2D eigenvalue weighted by atomic mass is 9.90. The zero-order valence-electron chi connectivity index (χ0n) is 19.9. The van der Waals surface area contributed by atoms with E-state index in [0.717, 1.165) is 10.5 Å². The SMILES string of the molecule is COC(=O)c1ccc(C(CC[C@@H]2CN(C(=O)C(F)(F)F)C(C)(C)C2)NS(=O)C(C)(C)C)cc1. The molecule has 0 aromatic heterocycles. The van der Waals surface area contributed by atoms with Crippen LogP contribution in [0.5, 0.6) is 0 Å². The molecule has 10 heteroatoms. The van der Waals surface area contributed by atoms with Crippen molar-refractivity contribution >= 4 is 22.9 Å². The predicted molar refractivity (Wildman–Crippen MR) is 121 cm³/mol. The molecule has 6 nitrogen and oxygen atoms in total. The second kappa shape index (κ2) is 10.1. The summed E-state index contributed by atoms with van der Waals surface area (Å²) in [5.74, 6) is -2.39. The Morgan fingerprint density at radius 3 is 2.27 bits per heavy atom. The quantitative estimate of drug-likeness (QED) is 0.570. The molecule has 186 valence electrons. The van der Waals surface area contributed by atoms with Gasteiger partial charge in [0.25, 0.3) is 0 Å². The van der Waals surface area contributed by atoms with Gasteiger partial charge in [0.2, 0.25) is 0 Å². The lowest BCUT2D eigenvalue weighted by molar-refractivity contribution is -0.188. The number of methoxy groups -OCH3 is 1. The lowest BCUT2D eigenvalue weighted by Crippen LogP contribution is -2.48. The first kappa shape index (κ1) is 27.3. The van der Waals surface area contributed by atoms with Gasteiger partial charge in [-0.2, -0.15) is 13.2 Å². The molecule has 1 N–H and O–H groups in total. The molecule has 1 amide bonds. The smallest absolute Gasteiger partial charge is 0.465 e. The molecule has 1 saturated heterocycles. The van der Waals surface area contributed by atoms with Gasteiger partial charge in [0, 0.05) is 18.1 Å². The number of nitrogens with zero attached hydrogens (tertiary/aromatic N) is 1. The van der Waals surface area contributed by atoms with Crippen molar-refractivity contribution in [3.63, 3.8) is 0 Å². The summed E-state index contributed by atoms with van der Waals surface area (Å²) in [5, 5.41) is 0. The van der Waals surface area contributed by atoms with Gasteiger partial charge in [-0.3, -0.25) is 4.79 Å². The average molecular weight is 491 g/mol. The minimum Gasteiger partial charge on any atom is -0.465 e. The molecule has 3 atom stereocenters. The molecule has 2 rings (SSSR count). The molecular formula is C23H33F3N2O4S. The van der Waals surface area contributed by atoms with Gasteiger partial charge in [0.15, 0.2) is 0 Å². The average Bonchev–Trinajstić information content (AvgIpc) is 3.02. The second-order valence-electron chi connectivity index (χ2n) is 10.0. The van der Waals surface area contributed by atoms with Crippen LogP contribution in [-0.4, -0.2) is 51.1 Å². The molecule has 0 bridgehead atoms. The van der Waals surface area contributed by atoms with Gasteiger partial charge in [-0.1, -0.05) is 12.1 Å². The molecule has 0 aliphatic carbocycles. The van der Waals surface area contributed by atoms with Gasteiger partial charge >= 0.3 is 18.1 Å². The number of hydrogen-bond donors (Lipinski definition) is 1. The largest absolute Gasteiger partial charge is 0.471 e. The summed E-state index contributed by atoms with van der Waals surface area (Å²) in [4.78, 5) is 24.5. The number of carbonyl (C=O) groups is 2. The standard InChI is InChI=1S/C23H33F3N2O4S/c1-21(2,3)33(31)27-18(16-8-10-17(11-9-16)19(29)32-6)12-7-15-13-22(4,5)28(14-15)20(30)23(24,25)26/h8-11,15,18,27H,7,12-14H2,1-6H3/t15-,18?,33?/m0/s1. The van der Waals surface area contributed by atoms with Crippen molar-refractivity contribution in [2.75, 3.05) is 13.7 Å². The molecule has 33 heavy (non-hydrogen) atoms. The number of amides is 1. The van der Waals surface area contributed by atoms with Crippen molar-refractivity contribution in [3.8, 4) is 0 Å². The normalized spacial score (nSPS) is 20.4. The van der Waals surface area contributed by atoms with Crippen LogP contribution in [0, 0.1) is 5.92 Å². The van der Waals surface area contributed by atoms with E-state index in [1.165, 1.54) is 7.11 Å². The van der Waals surface area contributed by atoms with Crippen LogP contribution in [0.4, 0.5) is 13.2 Å². The molecule has 1 aromatic carbocycles. The fraction of sp³-hybridized carbons (Fsp3) is 0.652. The van der Waals surface area contributed by atoms with Crippen LogP contribution in [-0.2, 0) is 20.5 Å². The summed E-state index contributed by atoms with van der Waals surface area (Å²) in [5.41, 5.74) is 0.299. The molecule has 1 aliphatic rings. The topological polar surface area (TPSA) is 75.7 Å². The maximum Gasteiger partial charge on any atom is 0.471 e. The van der Waals surface area contributed by atoms with E-state index in [9.17, 15) is 27.0 Å². The van der Waals surface area contributed by atoms with Crippen molar-refractivity contribution in [3.05, 3.63) is 35.4 Å². The Morgan fingerprint density at radius 1 is 1.21 bits per heavy atom. The van der Waals surface area contributed by atoms with Crippen molar-refractivity contribution in [1.82, 2.24) is 9.62 Å². The second-order valence-corrected chi connectivity index (χ2v) is 12.0. The van der Waals surface area contributed by atoms with E-state index in [1.807, 2.05) is 20.8 Å². The van der Waals surface area contributed by atoms with Gasteiger partial charge in [-0.25, -0.2) is 13.7 Å². The van der Waals surface area contributed by atoms with E-state index in [4.69, 9.17) is 4.74 Å². The highest BCUT2D eigenvalue weighted by Crippen LogP contribution is 2.39. The third kappa shape index (κ3) is 7.02. The third-order valence-corrected chi connectivity index (χ3v) is 7.46. The van der Waals surface area contributed by atoms with Crippen molar-refractivity contribution in [2.45, 2.75) is 76.4 Å². The van der Waals surface area contributed by atoms with Crippen molar-refractivity contribution < 1.29 is 31.7 Å².